The summed E-state index contributed by atoms with van der Waals surface area (Å²) in [4.78, 5) is 14.4. The maximum Gasteiger partial charge on any atom is 0.225 e. The minimum atomic E-state index is 0.363. The Morgan fingerprint density at radius 1 is 1.16 bits per heavy atom. The van der Waals surface area contributed by atoms with Crippen LogP contribution in [0.3, 0.4) is 0 Å². The number of piperidine rings is 1. The molecule has 0 saturated carbocycles. The van der Waals surface area contributed by atoms with Crippen molar-refractivity contribution < 1.29 is 0 Å². The monoisotopic (exact) mass is 377 g/mol. The molecule has 2 aromatic rings. The molecule has 25 heavy (non-hydrogen) atoms. The molecule has 2 aliphatic rings. The fraction of sp³-hybridized carbons (Fsp3) is 0.700. The lowest BCUT2D eigenvalue weighted by Crippen LogP contribution is -2.38. The van der Waals surface area contributed by atoms with Crippen LogP contribution in [-0.2, 0) is 12.8 Å². The molecule has 2 atom stereocenters. The molecule has 0 radical (unpaired) electrons. The Balaban J connectivity index is 1.82. The topological polar surface area (TPSA) is 29.0 Å². The van der Waals surface area contributed by atoms with Crippen molar-refractivity contribution in [3.05, 3.63) is 15.7 Å². The van der Waals surface area contributed by atoms with Gasteiger partial charge < -0.3 is 4.90 Å². The number of hydrogen-bond acceptors (Lipinski definition) is 4. The van der Waals surface area contributed by atoms with Crippen LogP contribution in [0.5, 0.6) is 0 Å². The second-order valence-corrected chi connectivity index (χ2v) is 10.3. The fourth-order valence-corrected chi connectivity index (χ4v) is 6.00. The summed E-state index contributed by atoms with van der Waals surface area (Å²) in [7, 11) is 0. The van der Waals surface area contributed by atoms with Gasteiger partial charge in [0.15, 0.2) is 0 Å². The summed E-state index contributed by atoms with van der Waals surface area (Å²) in [6.07, 6.45) is 7.38. The van der Waals surface area contributed by atoms with Crippen LogP contribution in [0.25, 0.3) is 10.2 Å². The summed E-state index contributed by atoms with van der Waals surface area (Å²) in [5.74, 6) is 1.84. The van der Waals surface area contributed by atoms with Crippen molar-refractivity contribution >= 4 is 39.0 Å². The van der Waals surface area contributed by atoms with Crippen LogP contribution in [0.2, 0.25) is 5.28 Å². The lowest BCUT2D eigenvalue weighted by Gasteiger charge is -2.36. The van der Waals surface area contributed by atoms with E-state index in [-0.39, 0.29) is 0 Å². The molecule has 1 saturated heterocycles. The molecule has 2 unspecified atom stereocenters. The predicted octanol–water partition coefficient (Wildman–Crippen LogP) is 5.87. The average molecular weight is 378 g/mol. The Labute approximate surface area is 159 Å². The molecule has 1 fully saturated rings. The summed E-state index contributed by atoms with van der Waals surface area (Å²) >= 11 is 8.16. The van der Waals surface area contributed by atoms with Gasteiger partial charge in [0.25, 0.3) is 0 Å². The summed E-state index contributed by atoms with van der Waals surface area (Å²) < 4.78 is 0. The summed E-state index contributed by atoms with van der Waals surface area (Å²) in [5, 5.41) is 1.69. The van der Waals surface area contributed by atoms with Crippen molar-refractivity contribution in [3.8, 4) is 0 Å². The van der Waals surface area contributed by atoms with E-state index in [1.54, 1.807) is 0 Å². The Bertz CT molecular complexity index is 792. The average Bonchev–Trinajstić information content (AvgIpc) is 2.91. The highest BCUT2D eigenvalue weighted by molar-refractivity contribution is 7.19. The molecule has 1 aliphatic carbocycles. The third-order valence-corrected chi connectivity index (χ3v) is 7.48. The second kappa shape index (κ2) is 6.38. The molecule has 0 bridgehead atoms. The van der Waals surface area contributed by atoms with Gasteiger partial charge in [0.05, 0.1) is 5.39 Å². The molecule has 2 aromatic heterocycles. The van der Waals surface area contributed by atoms with Gasteiger partial charge in [-0.2, -0.15) is 4.98 Å². The molecule has 3 nitrogen and oxygen atoms in total. The molecule has 0 amide bonds. The van der Waals surface area contributed by atoms with Crippen LogP contribution < -0.4 is 4.90 Å². The van der Waals surface area contributed by atoms with Crippen LogP contribution in [0.1, 0.15) is 63.8 Å². The molecule has 3 heterocycles. The van der Waals surface area contributed by atoms with Gasteiger partial charge in [-0.25, -0.2) is 4.98 Å². The molecule has 4 rings (SSSR count). The normalized spacial score (nSPS) is 24.6. The zero-order valence-electron chi connectivity index (χ0n) is 15.7. The molecular weight excluding hydrogens is 350 g/mol. The van der Waals surface area contributed by atoms with Crippen molar-refractivity contribution in [2.75, 3.05) is 11.4 Å². The van der Waals surface area contributed by atoms with E-state index >= 15 is 0 Å². The molecule has 1 aliphatic heterocycles. The Kier molecular flexibility index (Phi) is 4.48. The van der Waals surface area contributed by atoms with E-state index in [0.29, 0.717) is 16.7 Å². The van der Waals surface area contributed by atoms with Gasteiger partial charge in [0, 0.05) is 17.5 Å². The minimum Gasteiger partial charge on any atom is -0.353 e. The third kappa shape index (κ3) is 3.16. The molecule has 0 N–H and O–H groups in total. The van der Waals surface area contributed by atoms with Crippen LogP contribution >= 0.6 is 22.9 Å². The number of nitrogens with zero attached hydrogens (tertiary/aromatic N) is 3. The van der Waals surface area contributed by atoms with E-state index in [9.17, 15) is 0 Å². The first-order chi connectivity index (χ1) is 11.8. The zero-order chi connectivity index (χ0) is 17.8. The molecule has 5 heteroatoms. The molecule has 0 aromatic carbocycles. The van der Waals surface area contributed by atoms with Crippen molar-refractivity contribution in [2.45, 2.75) is 72.3 Å². The first-order valence-corrected chi connectivity index (χ1v) is 10.8. The van der Waals surface area contributed by atoms with Crippen molar-refractivity contribution in [2.24, 2.45) is 11.3 Å². The standard InChI is InChI=1S/C20H28ClN3S/c1-12-7-5-6-10-24(12)17-16-14-9-8-13(20(2,3)4)11-15(14)25-18(16)23-19(21)22-17/h12-13H,5-11H2,1-4H3. The number of thiophene rings is 1. The van der Waals surface area contributed by atoms with E-state index in [0.717, 1.165) is 29.5 Å². The summed E-state index contributed by atoms with van der Waals surface area (Å²) in [5.41, 5.74) is 1.87. The number of rotatable bonds is 1. The lowest BCUT2D eigenvalue weighted by atomic mass is 9.72. The second-order valence-electron chi connectivity index (χ2n) is 8.84. The Morgan fingerprint density at radius 2 is 1.96 bits per heavy atom. The maximum absolute atomic E-state index is 6.31. The van der Waals surface area contributed by atoms with Gasteiger partial charge >= 0.3 is 0 Å². The predicted molar refractivity (Wildman–Crippen MR) is 108 cm³/mol. The minimum absolute atomic E-state index is 0.363. The largest absolute Gasteiger partial charge is 0.353 e. The van der Waals surface area contributed by atoms with E-state index in [2.05, 4.69) is 37.6 Å². The highest BCUT2D eigenvalue weighted by Gasteiger charge is 2.33. The third-order valence-electron chi connectivity index (χ3n) is 6.16. The van der Waals surface area contributed by atoms with Crippen LogP contribution in [0, 0.1) is 11.3 Å². The number of hydrogen-bond donors (Lipinski definition) is 0. The smallest absolute Gasteiger partial charge is 0.225 e. The first-order valence-electron chi connectivity index (χ1n) is 9.59. The van der Waals surface area contributed by atoms with Crippen LogP contribution in [0.15, 0.2) is 0 Å². The highest BCUT2D eigenvalue weighted by Crippen LogP contribution is 2.45. The lowest BCUT2D eigenvalue weighted by molar-refractivity contribution is 0.218. The fourth-order valence-electron chi connectivity index (χ4n) is 4.49. The van der Waals surface area contributed by atoms with E-state index in [1.165, 1.54) is 47.9 Å². The molecule has 0 spiro atoms. The first kappa shape index (κ1) is 17.5. The SMILES string of the molecule is CC1CCCCN1c1nc(Cl)nc2sc3c(c12)CCC(C(C)(C)C)C3. The summed E-state index contributed by atoms with van der Waals surface area (Å²) in [6, 6.07) is 0.532. The Morgan fingerprint density at radius 3 is 2.68 bits per heavy atom. The van der Waals surface area contributed by atoms with Gasteiger partial charge in [-0.05, 0) is 73.9 Å². The zero-order valence-corrected chi connectivity index (χ0v) is 17.3. The number of aromatic nitrogens is 2. The van der Waals surface area contributed by atoms with E-state index < -0.39 is 0 Å². The van der Waals surface area contributed by atoms with Gasteiger partial charge in [-0.3, -0.25) is 0 Å². The van der Waals surface area contributed by atoms with Crippen molar-refractivity contribution in [3.63, 3.8) is 0 Å². The van der Waals surface area contributed by atoms with Crippen molar-refractivity contribution in [1.29, 1.82) is 0 Å². The van der Waals surface area contributed by atoms with Gasteiger partial charge in [0.2, 0.25) is 5.28 Å². The van der Waals surface area contributed by atoms with E-state index in [1.807, 2.05) is 11.3 Å². The number of halogens is 1. The van der Waals surface area contributed by atoms with Crippen LogP contribution in [-0.4, -0.2) is 22.6 Å². The molecular formula is C20H28ClN3S. The van der Waals surface area contributed by atoms with Crippen molar-refractivity contribution in [1.82, 2.24) is 9.97 Å². The quantitative estimate of drug-likeness (QED) is 0.581. The van der Waals surface area contributed by atoms with Gasteiger partial charge in [-0.15, -0.1) is 11.3 Å². The Hall–Kier alpha value is -0.870. The van der Waals surface area contributed by atoms with Gasteiger partial charge in [0.1, 0.15) is 10.6 Å². The van der Waals surface area contributed by atoms with Gasteiger partial charge in [-0.1, -0.05) is 20.8 Å². The molecule has 136 valence electrons. The van der Waals surface area contributed by atoms with E-state index in [4.69, 9.17) is 16.6 Å². The number of anilines is 1. The maximum atomic E-state index is 6.31. The van der Waals surface area contributed by atoms with Crippen LogP contribution in [0.4, 0.5) is 5.82 Å². The number of fused-ring (bicyclic) bond motifs is 3. The summed E-state index contributed by atoms with van der Waals surface area (Å²) in [6.45, 7) is 10.5. The number of aryl methyl sites for hydroxylation is 1. The highest BCUT2D eigenvalue weighted by atomic mass is 35.5.